The molecule has 2 N–H and O–H groups in total. The third kappa shape index (κ3) is 9.15. The molecule has 0 spiro atoms. The van der Waals surface area contributed by atoms with E-state index in [0.717, 1.165) is 31.6 Å². The Bertz CT molecular complexity index is 459. The number of likely N-dealkylation sites (N-methyl/N-ethyl adjacent to an activating group) is 1. The summed E-state index contributed by atoms with van der Waals surface area (Å²) in [5.41, 5.74) is 0. The van der Waals surface area contributed by atoms with Crippen molar-refractivity contribution in [1.29, 1.82) is 0 Å². The predicted octanol–water partition coefficient (Wildman–Crippen LogP) is 1.24. The molecule has 1 unspecified atom stereocenters. The van der Waals surface area contributed by atoms with Gasteiger partial charge in [0, 0.05) is 31.4 Å². The van der Waals surface area contributed by atoms with Gasteiger partial charge in [0.05, 0.1) is 12.3 Å². The minimum Gasteiger partial charge on any atom is -0.357 e. The number of hydrogen-bond acceptors (Lipinski definition) is 4. The number of rotatable bonds is 9. The molecule has 6 nitrogen and oxygen atoms in total. The van der Waals surface area contributed by atoms with E-state index < -0.39 is 9.84 Å². The molecule has 0 saturated heterocycles. The molecular weight excluding hydrogens is 312 g/mol. The molecule has 1 atom stereocenters. The second-order valence-corrected chi connectivity index (χ2v) is 8.90. The van der Waals surface area contributed by atoms with Crippen molar-refractivity contribution in [2.45, 2.75) is 58.0 Å². The summed E-state index contributed by atoms with van der Waals surface area (Å²) in [6.07, 6.45) is 7.17. The van der Waals surface area contributed by atoms with Crippen LogP contribution in [-0.2, 0) is 9.84 Å². The van der Waals surface area contributed by atoms with E-state index in [2.05, 4.69) is 27.6 Å². The first-order valence-electron chi connectivity index (χ1n) is 8.74. The Hall–Kier alpha value is -0.820. The number of nitrogens with one attached hydrogen (secondary N) is 2. The summed E-state index contributed by atoms with van der Waals surface area (Å²) in [5.74, 6) is 0.971. The van der Waals surface area contributed by atoms with Crippen LogP contribution in [0.3, 0.4) is 0 Å². The van der Waals surface area contributed by atoms with Crippen molar-refractivity contribution >= 4 is 15.8 Å². The Balaban J connectivity index is 2.39. The van der Waals surface area contributed by atoms with Crippen molar-refractivity contribution in [2.75, 3.05) is 38.7 Å². The first-order valence-corrected chi connectivity index (χ1v) is 10.8. The quantitative estimate of drug-likeness (QED) is 0.485. The Morgan fingerprint density at radius 2 is 2.00 bits per heavy atom. The van der Waals surface area contributed by atoms with Crippen LogP contribution in [0.2, 0.25) is 0 Å². The van der Waals surface area contributed by atoms with Gasteiger partial charge in [-0.15, -0.1) is 0 Å². The molecule has 0 amide bonds. The van der Waals surface area contributed by atoms with Crippen LogP contribution in [0, 0.1) is 0 Å². The van der Waals surface area contributed by atoms with Crippen molar-refractivity contribution < 1.29 is 8.42 Å². The van der Waals surface area contributed by atoms with E-state index in [4.69, 9.17) is 0 Å². The van der Waals surface area contributed by atoms with Crippen molar-refractivity contribution in [2.24, 2.45) is 4.99 Å². The summed E-state index contributed by atoms with van der Waals surface area (Å²) in [5, 5.41) is 6.51. The van der Waals surface area contributed by atoms with Crippen molar-refractivity contribution in [3.05, 3.63) is 0 Å². The fraction of sp³-hybridized carbons (Fsp3) is 0.938. The van der Waals surface area contributed by atoms with Gasteiger partial charge in [-0.05, 0) is 40.2 Å². The number of sulfone groups is 1. The second-order valence-electron chi connectivity index (χ2n) is 6.64. The summed E-state index contributed by atoms with van der Waals surface area (Å²) >= 11 is 0. The highest BCUT2D eigenvalue weighted by atomic mass is 32.2. The first-order chi connectivity index (χ1) is 10.8. The Morgan fingerprint density at radius 3 is 2.57 bits per heavy atom. The van der Waals surface area contributed by atoms with Gasteiger partial charge in [-0.3, -0.25) is 4.99 Å². The van der Waals surface area contributed by atoms with E-state index in [1.807, 2.05) is 13.8 Å². The summed E-state index contributed by atoms with van der Waals surface area (Å²) < 4.78 is 22.5. The molecule has 1 rings (SSSR count). The highest BCUT2D eigenvalue weighted by Gasteiger charge is 2.18. The molecule has 0 aromatic rings. The van der Waals surface area contributed by atoms with Gasteiger partial charge >= 0.3 is 0 Å². The molecule has 23 heavy (non-hydrogen) atoms. The molecule has 0 radical (unpaired) electrons. The Kier molecular flexibility index (Phi) is 8.91. The lowest BCUT2D eigenvalue weighted by molar-refractivity contribution is 0.252. The summed E-state index contributed by atoms with van der Waals surface area (Å²) in [4.78, 5) is 7.02. The smallest absolute Gasteiger partial charge is 0.191 e. The number of nitrogens with zero attached hydrogens (tertiary/aromatic N) is 2. The van der Waals surface area contributed by atoms with Crippen LogP contribution in [0.5, 0.6) is 0 Å². The predicted molar refractivity (Wildman–Crippen MR) is 97.8 cm³/mol. The molecule has 1 saturated carbocycles. The van der Waals surface area contributed by atoms with Crippen LogP contribution >= 0.6 is 0 Å². The molecule has 136 valence electrons. The van der Waals surface area contributed by atoms with E-state index >= 15 is 0 Å². The van der Waals surface area contributed by atoms with E-state index in [-0.39, 0.29) is 11.8 Å². The molecule has 1 aliphatic rings. The third-order valence-corrected chi connectivity index (χ3v) is 5.30. The fourth-order valence-electron chi connectivity index (χ4n) is 2.86. The lowest BCUT2D eigenvalue weighted by atomic mass is 10.2. The SMILES string of the molecule is CCNC(=NCCN(C)C1CCCC1)NC(C)CCS(C)(=O)=O. The van der Waals surface area contributed by atoms with Gasteiger partial charge in [0.25, 0.3) is 0 Å². The maximum absolute atomic E-state index is 11.2. The number of aliphatic imine (C=N–C) groups is 1. The molecule has 7 heteroatoms. The zero-order valence-electron chi connectivity index (χ0n) is 15.1. The van der Waals surface area contributed by atoms with E-state index in [1.54, 1.807) is 0 Å². The number of guanidine groups is 1. The van der Waals surface area contributed by atoms with Crippen molar-refractivity contribution in [1.82, 2.24) is 15.5 Å². The molecule has 0 aromatic heterocycles. The monoisotopic (exact) mass is 346 g/mol. The normalized spacial score (nSPS) is 18.4. The van der Waals surface area contributed by atoms with Gasteiger partial charge in [0.15, 0.2) is 5.96 Å². The standard InChI is InChI=1S/C16H34N4O2S/c1-5-17-16(19-14(2)10-13-23(4,21)22)18-11-12-20(3)15-8-6-7-9-15/h14-15H,5-13H2,1-4H3,(H2,17,18,19). The van der Waals surface area contributed by atoms with Crippen molar-refractivity contribution in [3.8, 4) is 0 Å². The largest absolute Gasteiger partial charge is 0.357 e. The van der Waals surface area contributed by atoms with Gasteiger partial charge in [-0.25, -0.2) is 8.42 Å². The van der Waals surface area contributed by atoms with Gasteiger partial charge in [0.1, 0.15) is 9.84 Å². The highest BCUT2D eigenvalue weighted by Crippen LogP contribution is 2.21. The summed E-state index contributed by atoms with van der Waals surface area (Å²) in [7, 11) is -0.731. The lowest BCUT2D eigenvalue weighted by Crippen LogP contribution is -2.43. The fourth-order valence-corrected chi connectivity index (χ4v) is 3.65. The van der Waals surface area contributed by atoms with E-state index in [1.165, 1.54) is 31.9 Å². The minimum absolute atomic E-state index is 0.0788. The van der Waals surface area contributed by atoms with Crippen LogP contribution in [-0.4, -0.2) is 70.1 Å². The molecule has 1 aliphatic carbocycles. The molecular formula is C16H34N4O2S. The molecule has 1 fully saturated rings. The molecule has 0 aliphatic heterocycles. The third-order valence-electron chi connectivity index (χ3n) is 4.32. The number of hydrogen-bond donors (Lipinski definition) is 2. The molecule has 0 aromatic carbocycles. The lowest BCUT2D eigenvalue weighted by Gasteiger charge is -2.23. The van der Waals surface area contributed by atoms with Gasteiger partial charge in [-0.2, -0.15) is 0 Å². The second kappa shape index (κ2) is 10.1. The van der Waals surface area contributed by atoms with Gasteiger partial charge < -0.3 is 15.5 Å². The topological polar surface area (TPSA) is 73.8 Å². The average molecular weight is 347 g/mol. The average Bonchev–Trinajstić information content (AvgIpc) is 2.98. The minimum atomic E-state index is -2.91. The van der Waals surface area contributed by atoms with Gasteiger partial charge in [-0.1, -0.05) is 12.8 Å². The van der Waals surface area contributed by atoms with Crippen LogP contribution in [0.25, 0.3) is 0 Å². The maximum atomic E-state index is 11.2. The zero-order chi connectivity index (χ0) is 17.3. The zero-order valence-corrected chi connectivity index (χ0v) is 16.0. The highest BCUT2D eigenvalue weighted by molar-refractivity contribution is 7.90. The molecule has 0 bridgehead atoms. The molecule has 0 heterocycles. The van der Waals surface area contributed by atoms with Crippen LogP contribution < -0.4 is 10.6 Å². The van der Waals surface area contributed by atoms with Gasteiger partial charge in [0.2, 0.25) is 0 Å². The van der Waals surface area contributed by atoms with E-state index in [0.29, 0.717) is 6.42 Å². The first kappa shape index (κ1) is 20.2. The Morgan fingerprint density at radius 1 is 1.35 bits per heavy atom. The van der Waals surface area contributed by atoms with Crippen LogP contribution in [0.1, 0.15) is 46.0 Å². The summed E-state index contributed by atoms with van der Waals surface area (Å²) in [6, 6.07) is 0.796. The maximum Gasteiger partial charge on any atom is 0.191 e. The van der Waals surface area contributed by atoms with E-state index in [9.17, 15) is 8.42 Å². The Labute approximate surface area is 142 Å². The van der Waals surface area contributed by atoms with Crippen molar-refractivity contribution in [3.63, 3.8) is 0 Å². The summed E-state index contributed by atoms with van der Waals surface area (Å²) in [6.45, 7) is 6.52. The van der Waals surface area contributed by atoms with Crippen LogP contribution in [0.4, 0.5) is 0 Å². The van der Waals surface area contributed by atoms with Crippen LogP contribution in [0.15, 0.2) is 4.99 Å².